The van der Waals surface area contributed by atoms with Gasteiger partial charge in [-0.05, 0) is 57.0 Å². The predicted molar refractivity (Wildman–Crippen MR) is 121 cm³/mol. The Morgan fingerprint density at radius 3 is 2.63 bits per heavy atom. The first-order valence-electron chi connectivity index (χ1n) is 9.61. The molecule has 1 saturated heterocycles. The van der Waals surface area contributed by atoms with Gasteiger partial charge in [-0.2, -0.15) is 0 Å². The maximum atomic E-state index is 11.5. The topological polar surface area (TPSA) is 66.0 Å². The van der Waals surface area contributed by atoms with Gasteiger partial charge in [-0.3, -0.25) is 9.89 Å². The highest BCUT2D eigenvalue weighted by Crippen LogP contribution is 2.16. The standard InChI is InChI=1S/C20H32N4O2.HI/c1-4-21-20(23-15-18-7-6-14-24(18)5-2)22-13-12-16-8-10-17(11-9-16)19(25)26-3;/h8-11,18H,4-7,12-15H2,1-3H3,(H2,21,22,23);1H. The summed E-state index contributed by atoms with van der Waals surface area (Å²) in [5.74, 6) is 0.575. The van der Waals surface area contributed by atoms with Crippen molar-refractivity contribution in [2.24, 2.45) is 4.99 Å². The van der Waals surface area contributed by atoms with Gasteiger partial charge in [0.1, 0.15) is 0 Å². The number of likely N-dealkylation sites (N-methyl/N-ethyl adjacent to an activating group) is 1. The van der Waals surface area contributed by atoms with Crippen LogP contribution in [0.15, 0.2) is 29.3 Å². The number of methoxy groups -OCH3 is 1. The van der Waals surface area contributed by atoms with Gasteiger partial charge in [-0.1, -0.05) is 19.1 Å². The van der Waals surface area contributed by atoms with E-state index < -0.39 is 0 Å². The largest absolute Gasteiger partial charge is 0.465 e. The summed E-state index contributed by atoms with van der Waals surface area (Å²) < 4.78 is 4.72. The molecule has 0 radical (unpaired) electrons. The Balaban J connectivity index is 0.00000364. The van der Waals surface area contributed by atoms with E-state index >= 15 is 0 Å². The van der Waals surface area contributed by atoms with Crippen LogP contribution >= 0.6 is 24.0 Å². The minimum Gasteiger partial charge on any atom is -0.465 e. The SMILES string of the molecule is CCNC(=NCC1CCCN1CC)NCCc1ccc(C(=O)OC)cc1.I. The van der Waals surface area contributed by atoms with Crippen LogP contribution in [-0.4, -0.2) is 62.7 Å². The van der Waals surface area contributed by atoms with Crippen molar-refractivity contribution in [3.05, 3.63) is 35.4 Å². The van der Waals surface area contributed by atoms with E-state index in [-0.39, 0.29) is 29.9 Å². The molecule has 0 aromatic heterocycles. The fourth-order valence-electron chi connectivity index (χ4n) is 3.31. The molecule has 0 saturated carbocycles. The number of guanidine groups is 1. The number of hydrogen-bond acceptors (Lipinski definition) is 4. The van der Waals surface area contributed by atoms with Crippen molar-refractivity contribution >= 4 is 35.9 Å². The summed E-state index contributed by atoms with van der Waals surface area (Å²) in [5, 5.41) is 6.72. The number of hydrogen-bond donors (Lipinski definition) is 2. The van der Waals surface area contributed by atoms with Gasteiger partial charge in [-0.25, -0.2) is 4.79 Å². The molecule has 2 rings (SSSR count). The number of nitrogens with one attached hydrogen (secondary N) is 2. The van der Waals surface area contributed by atoms with Crippen LogP contribution in [0.1, 0.15) is 42.6 Å². The Morgan fingerprint density at radius 1 is 1.26 bits per heavy atom. The molecule has 1 aromatic rings. The molecule has 1 heterocycles. The maximum Gasteiger partial charge on any atom is 0.337 e. The van der Waals surface area contributed by atoms with Gasteiger partial charge in [-0.15, -0.1) is 24.0 Å². The van der Waals surface area contributed by atoms with Crippen LogP contribution in [0.4, 0.5) is 0 Å². The zero-order valence-electron chi connectivity index (χ0n) is 16.7. The van der Waals surface area contributed by atoms with Gasteiger partial charge >= 0.3 is 5.97 Å². The molecule has 1 aromatic carbocycles. The van der Waals surface area contributed by atoms with Crippen molar-refractivity contribution in [1.29, 1.82) is 0 Å². The molecule has 7 heteroatoms. The summed E-state index contributed by atoms with van der Waals surface area (Å²) in [6.07, 6.45) is 3.39. The first-order valence-corrected chi connectivity index (χ1v) is 9.61. The van der Waals surface area contributed by atoms with Gasteiger partial charge in [0, 0.05) is 19.1 Å². The van der Waals surface area contributed by atoms with E-state index in [9.17, 15) is 4.79 Å². The Hall–Kier alpha value is -1.35. The molecule has 2 N–H and O–H groups in total. The molecule has 6 nitrogen and oxygen atoms in total. The Morgan fingerprint density at radius 2 is 2.00 bits per heavy atom. The lowest BCUT2D eigenvalue weighted by Crippen LogP contribution is -2.40. The number of likely N-dealkylation sites (tertiary alicyclic amines) is 1. The molecule has 1 aliphatic heterocycles. The number of aliphatic imine (C=N–C) groups is 1. The molecule has 152 valence electrons. The number of benzene rings is 1. The van der Waals surface area contributed by atoms with Crippen molar-refractivity contribution in [2.45, 2.75) is 39.2 Å². The number of ether oxygens (including phenoxy) is 1. The summed E-state index contributed by atoms with van der Waals surface area (Å²) in [7, 11) is 1.40. The lowest BCUT2D eigenvalue weighted by Gasteiger charge is -2.21. The predicted octanol–water partition coefficient (Wildman–Crippen LogP) is 2.67. The molecule has 1 fully saturated rings. The lowest BCUT2D eigenvalue weighted by molar-refractivity contribution is 0.0600. The molecule has 0 amide bonds. The molecule has 0 bridgehead atoms. The average molecular weight is 488 g/mol. The van der Waals surface area contributed by atoms with Crippen LogP contribution < -0.4 is 10.6 Å². The van der Waals surface area contributed by atoms with E-state index in [4.69, 9.17) is 9.73 Å². The lowest BCUT2D eigenvalue weighted by atomic mass is 10.1. The second-order valence-electron chi connectivity index (χ2n) is 6.51. The van der Waals surface area contributed by atoms with Gasteiger partial charge < -0.3 is 15.4 Å². The quantitative estimate of drug-likeness (QED) is 0.255. The van der Waals surface area contributed by atoms with E-state index in [1.807, 2.05) is 12.1 Å². The van der Waals surface area contributed by atoms with Crippen molar-refractivity contribution in [3.8, 4) is 0 Å². The van der Waals surface area contributed by atoms with E-state index in [1.54, 1.807) is 12.1 Å². The number of rotatable bonds is 8. The van der Waals surface area contributed by atoms with Crippen LogP contribution in [0, 0.1) is 0 Å². The third kappa shape index (κ3) is 7.65. The van der Waals surface area contributed by atoms with Crippen molar-refractivity contribution in [3.63, 3.8) is 0 Å². The first-order chi connectivity index (χ1) is 12.7. The van der Waals surface area contributed by atoms with E-state index in [0.717, 1.165) is 38.6 Å². The molecule has 1 unspecified atom stereocenters. The molecule has 27 heavy (non-hydrogen) atoms. The highest BCUT2D eigenvalue weighted by Gasteiger charge is 2.22. The number of halogens is 1. The molecule has 0 aliphatic carbocycles. The minimum absolute atomic E-state index is 0. The fourth-order valence-corrected chi connectivity index (χ4v) is 3.31. The van der Waals surface area contributed by atoms with Crippen LogP contribution in [0.3, 0.4) is 0 Å². The second kappa shape index (κ2) is 12.9. The normalized spacial score (nSPS) is 17.3. The van der Waals surface area contributed by atoms with Gasteiger partial charge in [0.25, 0.3) is 0 Å². The number of carbonyl (C=O) groups excluding carboxylic acids is 1. The third-order valence-corrected chi connectivity index (χ3v) is 4.79. The fraction of sp³-hybridized carbons (Fsp3) is 0.600. The van der Waals surface area contributed by atoms with Crippen molar-refractivity contribution in [2.75, 3.05) is 39.8 Å². The van der Waals surface area contributed by atoms with Crippen molar-refractivity contribution < 1.29 is 9.53 Å². The molecular weight excluding hydrogens is 455 g/mol. The average Bonchev–Trinajstić information content (AvgIpc) is 3.13. The summed E-state index contributed by atoms with van der Waals surface area (Å²) >= 11 is 0. The third-order valence-electron chi connectivity index (χ3n) is 4.79. The molecular formula is C20H33IN4O2. The number of carbonyl (C=O) groups is 1. The van der Waals surface area contributed by atoms with Crippen LogP contribution in [0.2, 0.25) is 0 Å². The molecule has 0 spiro atoms. The monoisotopic (exact) mass is 488 g/mol. The number of esters is 1. The second-order valence-corrected chi connectivity index (χ2v) is 6.51. The summed E-state index contributed by atoms with van der Waals surface area (Å²) in [6, 6.07) is 8.12. The Bertz CT molecular complexity index is 592. The van der Waals surface area contributed by atoms with E-state index in [1.165, 1.54) is 32.1 Å². The summed E-state index contributed by atoms with van der Waals surface area (Å²) in [6.45, 7) is 9.09. The van der Waals surface area contributed by atoms with Gasteiger partial charge in [0.15, 0.2) is 5.96 Å². The molecule has 1 atom stereocenters. The van der Waals surface area contributed by atoms with Crippen LogP contribution in [0.5, 0.6) is 0 Å². The van der Waals surface area contributed by atoms with Crippen LogP contribution in [0.25, 0.3) is 0 Å². The van der Waals surface area contributed by atoms with E-state index in [0.29, 0.717) is 11.6 Å². The first kappa shape index (κ1) is 23.7. The summed E-state index contributed by atoms with van der Waals surface area (Å²) in [5.41, 5.74) is 1.75. The molecule has 1 aliphatic rings. The maximum absolute atomic E-state index is 11.5. The van der Waals surface area contributed by atoms with Crippen LogP contribution in [-0.2, 0) is 11.2 Å². The zero-order valence-corrected chi connectivity index (χ0v) is 19.0. The smallest absolute Gasteiger partial charge is 0.337 e. The van der Waals surface area contributed by atoms with E-state index in [2.05, 4.69) is 29.4 Å². The zero-order chi connectivity index (χ0) is 18.8. The van der Waals surface area contributed by atoms with Gasteiger partial charge in [0.2, 0.25) is 0 Å². The Kier molecular flexibility index (Phi) is 11.3. The highest BCUT2D eigenvalue weighted by atomic mass is 127. The summed E-state index contributed by atoms with van der Waals surface area (Å²) in [4.78, 5) is 18.7. The highest BCUT2D eigenvalue weighted by molar-refractivity contribution is 14.0. The minimum atomic E-state index is -0.302. The van der Waals surface area contributed by atoms with Gasteiger partial charge in [0.05, 0.1) is 19.2 Å². The number of nitrogens with zero attached hydrogens (tertiary/aromatic N) is 2. The van der Waals surface area contributed by atoms with Crippen molar-refractivity contribution in [1.82, 2.24) is 15.5 Å². The Labute approximate surface area is 180 Å².